The van der Waals surface area contributed by atoms with Crippen molar-refractivity contribution in [2.45, 2.75) is 24.8 Å². The second-order valence-corrected chi connectivity index (χ2v) is 4.22. The van der Waals surface area contributed by atoms with E-state index in [1.807, 2.05) is 18.0 Å². The van der Waals surface area contributed by atoms with Crippen molar-refractivity contribution in [3.63, 3.8) is 0 Å². The monoisotopic (exact) mass is 223 g/mol. The van der Waals surface area contributed by atoms with Gasteiger partial charge in [0.15, 0.2) is 0 Å². The predicted octanol–water partition coefficient (Wildman–Crippen LogP) is 2.38. The minimum atomic E-state index is 0.0272. The van der Waals surface area contributed by atoms with Crippen LogP contribution in [0, 0.1) is 0 Å². The first-order valence-corrected chi connectivity index (χ1v) is 5.65. The third kappa shape index (κ3) is 1.86. The molecule has 2 nitrogen and oxygen atoms in total. The van der Waals surface area contributed by atoms with E-state index in [0.29, 0.717) is 5.88 Å². The molecule has 0 aliphatic carbocycles. The van der Waals surface area contributed by atoms with Crippen molar-refractivity contribution in [2.75, 3.05) is 11.9 Å². The van der Waals surface area contributed by atoms with Crippen LogP contribution in [-0.2, 0) is 17.1 Å². The molecule has 1 aromatic rings. The molecule has 0 saturated heterocycles. The zero-order chi connectivity index (χ0) is 10.8. The van der Waals surface area contributed by atoms with Crippen LogP contribution in [0.3, 0.4) is 0 Å². The summed E-state index contributed by atoms with van der Waals surface area (Å²) in [5.74, 6) is 0.550. The molecule has 1 aromatic carbocycles. The van der Waals surface area contributed by atoms with Gasteiger partial charge in [0.2, 0.25) is 0 Å². The first-order valence-electron chi connectivity index (χ1n) is 5.12. The SMILES string of the molecule is CN1c2ccc(CCl)cc2CCC1C=O. The van der Waals surface area contributed by atoms with Crippen LogP contribution in [0.15, 0.2) is 18.2 Å². The molecule has 0 radical (unpaired) electrons. The molecule has 0 aromatic heterocycles. The Balaban J connectivity index is 2.36. The summed E-state index contributed by atoms with van der Waals surface area (Å²) in [4.78, 5) is 12.9. The fourth-order valence-corrected chi connectivity index (χ4v) is 2.27. The van der Waals surface area contributed by atoms with Crippen LogP contribution >= 0.6 is 11.6 Å². The Hall–Kier alpha value is -1.02. The highest BCUT2D eigenvalue weighted by molar-refractivity contribution is 6.17. The third-order valence-corrected chi connectivity index (χ3v) is 3.35. The van der Waals surface area contributed by atoms with Crippen molar-refractivity contribution >= 4 is 23.6 Å². The van der Waals surface area contributed by atoms with Crippen LogP contribution < -0.4 is 4.90 Å². The van der Waals surface area contributed by atoms with E-state index < -0.39 is 0 Å². The summed E-state index contributed by atoms with van der Waals surface area (Å²) >= 11 is 5.79. The van der Waals surface area contributed by atoms with Crippen molar-refractivity contribution < 1.29 is 4.79 Å². The molecule has 0 spiro atoms. The molecule has 0 amide bonds. The first kappa shape index (κ1) is 10.5. The van der Waals surface area contributed by atoms with Crippen LogP contribution in [0.5, 0.6) is 0 Å². The van der Waals surface area contributed by atoms with Gasteiger partial charge in [-0.1, -0.05) is 12.1 Å². The van der Waals surface area contributed by atoms with E-state index in [0.717, 1.165) is 30.4 Å². The molecule has 0 saturated carbocycles. The standard InChI is InChI=1S/C12H14ClNO/c1-14-11(8-15)4-3-10-6-9(7-13)2-5-12(10)14/h2,5-6,8,11H,3-4,7H2,1H3. The molecule has 1 atom stereocenters. The molecule has 80 valence electrons. The molecule has 1 heterocycles. The Morgan fingerprint density at radius 2 is 2.40 bits per heavy atom. The number of aldehydes is 1. The third-order valence-electron chi connectivity index (χ3n) is 3.04. The molecule has 0 fully saturated rings. The summed E-state index contributed by atoms with van der Waals surface area (Å²) < 4.78 is 0. The summed E-state index contributed by atoms with van der Waals surface area (Å²) in [5, 5.41) is 0. The van der Waals surface area contributed by atoms with Gasteiger partial charge in [-0.25, -0.2) is 0 Å². The Morgan fingerprint density at radius 3 is 3.07 bits per heavy atom. The lowest BCUT2D eigenvalue weighted by molar-refractivity contribution is -0.109. The molecule has 15 heavy (non-hydrogen) atoms. The maximum atomic E-state index is 10.8. The minimum Gasteiger partial charge on any atom is -0.365 e. The molecule has 1 aliphatic rings. The van der Waals surface area contributed by atoms with Crippen molar-refractivity contribution in [2.24, 2.45) is 0 Å². The lowest BCUT2D eigenvalue weighted by Crippen LogP contribution is -2.37. The highest BCUT2D eigenvalue weighted by atomic mass is 35.5. The van der Waals surface area contributed by atoms with Gasteiger partial charge in [-0.05, 0) is 30.0 Å². The maximum absolute atomic E-state index is 10.8. The molecule has 0 bridgehead atoms. The van der Waals surface area contributed by atoms with Gasteiger partial charge >= 0.3 is 0 Å². The Kier molecular flexibility index (Phi) is 2.96. The van der Waals surface area contributed by atoms with E-state index in [1.54, 1.807) is 0 Å². The van der Waals surface area contributed by atoms with Crippen LogP contribution in [0.2, 0.25) is 0 Å². The molecular formula is C12H14ClNO. The summed E-state index contributed by atoms with van der Waals surface area (Å²) in [5.41, 5.74) is 3.61. The van der Waals surface area contributed by atoms with E-state index in [4.69, 9.17) is 11.6 Å². The van der Waals surface area contributed by atoms with Crippen LogP contribution in [0.1, 0.15) is 17.5 Å². The maximum Gasteiger partial charge on any atom is 0.142 e. The summed E-state index contributed by atoms with van der Waals surface area (Å²) in [6.07, 6.45) is 2.89. The van der Waals surface area contributed by atoms with E-state index in [2.05, 4.69) is 12.1 Å². The average molecular weight is 224 g/mol. The number of fused-ring (bicyclic) bond motifs is 1. The summed E-state index contributed by atoms with van der Waals surface area (Å²) in [6.45, 7) is 0. The number of anilines is 1. The number of rotatable bonds is 2. The zero-order valence-corrected chi connectivity index (χ0v) is 9.50. The number of alkyl halides is 1. The highest BCUT2D eigenvalue weighted by Crippen LogP contribution is 2.29. The number of carbonyl (C=O) groups excluding carboxylic acids is 1. The van der Waals surface area contributed by atoms with Gasteiger partial charge < -0.3 is 9.69 Å². The fourth-order valence-electron chi connectivity index (χ4n) is 2.10. The molecule has 2 rings (SSSR count). The van der Waals surface area contributed by atoms with Crippen molar-refractivity contribution in [3.05, 3.63) is 29.3 Å². The first-order chi connectivity index (χ1) is 7.26. The highest BCUT2D eigenvalue weighted by Gasteiger charge is 2.22. The van der Waals surface area contributed by atoms with E-state index in [1.165, 1.54) is 5.56 Å². The quantitative estimate of drug-likeness (QED) is 0.567. The molecule has 1 aliphatic heterocycles. The van der Waals surface area contributed by atoms with Crippen molar-refractivity contribution in [3.8, 4) is 0 Å². The lowest BCUT2D eigenvalue weighted by Gasteiger charge is -2.33. The van der Waals surface area contributed by atoms with E-state index in [9.17, 15) is 4.79 Å². The van der Waals surface area contributed by atoms with Gasteiger partial charge in [-0.3, -0.25) is 0 Å². The number of hydrogen-bond acceptors (Lipinski definition) is 2. The van der Waals surface area contributed by atoms with E-state index in [-0.39, 0.29) is 6.04 Å². The minimum absolute atomic E-state index is 0.0272. The van der Waals surface area contributed by atoms with Gasteiger partial charge in [0.25, 0.3) is 0 Å². The topological polar surface area (TPSA) is 20.3 Å². The van der Waals surface area contributed by atoms with Gasteiger partial charge in [0, 0.05) is 18.6 Å². The number of carbonyl (C=O) groups is 1. The van der Waals surface area contributed by atoms with Gasteiger partial charge in [-0.2, -0.15) is 0 Å². The van der Waals surface area contributed by atoms with Crippen molar-refractivity contribution in [1.29, 1.82) is 0 Å². The Bertz CT molecular complexity index is 378. The molecule has 0 N–H and O–H groups in total. The van der Waals surface area contributed by atoms with Gasteiger partial charge in [0.05, 0.1) is 6.04 Å². The van der Waals surface area contributed by atoms with Crippen LogP contribution in [0.25, 0.3) is 0 Å². The Morgan fingerprint density at radius 1 is 1.60 bits per heavy atom. The summed E-state index contributed by atoms with van der Waals surface area (Å²) in [7, 11) is 1.97. The van der Waals surface area contributed by atoms with Crippen LogP contribution in [0.4, 0.5) is 5.69 Å². The van der Waals surface area contributed by atoms with Crippen molar-refractivity contribution in [1.82, 2.24) is 0 Å². The van der Waals surface area contributed by atoms with E-state index >= 15 is 0 Å². The second kappa shape index (κ2) is 4.23. The smallest absolute Gasteiger partial charge is 0.142 e. The number of halogens is 1. The van der Waals surface area contributed by atoms with Gasteiger partial charge in [0.1, 0.15) is 6.29 Å². The molecule has 3 heteroatoms. The number of nitrogens with zero attached hydrogens (tertiary/aromatic N) is 1. The number of benzene rings is 1. The number of hydrogen-bond donors (Lipinski definition) is 0. The fraction of sp³-hybridized carbons (Fsp3) is 0.417. The average Bonchev–Trinajstić information content (AvgIpc) is 2.29. The normalized spacial score (nSPS) is 19.9. The van der Waals surface area contributed by atoms with Gasteiger partial charge in [-0.15, -0.1) is 11.6 Å². The predicted molar refractivity (Wildman–Crippen MR) is 62.6 cm³/mol. The number of likely N-dealkylation sites (N-methyl/N-ethyl adjacent to an activating group) is 1. The molecule has 1 unspecified atom stereocenters. The molecular weight excluding hydrogens is 210 g/mol. The van der Waals surface area contributed by atoms with Crippen LogP contribution in [-0.4, -0.2) is 19.4 Å². The number of aryl methyl sites for hydroxylation is 1. The largest absolute Gasteiger partial charge is 0.365 e. The lowest BCUT2D eigenvalue weighted by atomic mass is 9.95. The zero-order valence-electron chi connectivity index (χ0n) is 8.74. The summed E-state index contributed by atoms with van der Waals surface area (Å²) in [6, 6.07) is 6.25. The second-order valence-electron chi connectivity index (χ2n) is 3.95. The Labute approximate surface area is 94.8 Å².